The lowest BCUT2D eigenvalue weighted by atomic mass is 10.2. The van der Waals surface area contributed by atoms with Gasteiger partial charge < -0.3 is 5.32 Å². The van der Waals surface area contributed by atoms with E-state index in [1.807, 2.05) is 32.0 Å². The Bertz CT molecular complexity index is 409. The summed E-state index contributed by atoms with van der Waals surface area (Å²) in [7, 11) is 0. The maximum Gasteiger partial charge on any atom is 0.233 e. The molecule has 0 heterocycles. The van der Waals surface area contributed by atoms with E-state index in [0.29, 0.717) is 0 Å². The molecule has 1 atom stereocenters. The summed E-state index contributed by atoms with van der Waals surface area (Å²) in [6.07, 6.45) is 5.08. The van der Waals surface area contributed by atoms with Crippen LogP contribution in [0.25, 0.3) is 0 Å². The van der Waals surface area contributed by atoms with Crippen LogP contribution in [-0.4, -0.2) is 17.7 Å². The second kappa shape index (κ2) is 6.24. The van der Waals surface area contributed by atoms with Crippen molar-refractivity contribution in [1.82, 2.24) is 5.32 Å². The quantitative estimate of drug-likeness (QED) is 0.638. The molecule has 3 heteroatoms. The molecule has 1 rings (SSSR count). The second-order valence-corrected chi connectivity index (χ2v) is 4.91. The van der Waals surface area contributed by atoms with Gasteiger partial charge in [-0.2, -0.15) is 0 Å². The fourth-order valence-corrected chi connectivity index (χ4v) is 2.24. The SMILES string of the molecule is C#CCNC(=O)[C@H](C)Sc1cccc(C)c1. The minimum Gasteiger partial charge on any atom is -0.344 e. The summed E-state index contributed by atoms with van der Waals surface area (Å²) in [5, 5.41) is 2.54. The molecule has 0 aliphatic rings. The molecule has 1 N–H and O–H groups in total. The molecule has 0 bridgehead atoms. The van der Waals surface area contributed by atoms with Crippen molar-refractivity contribution in [2.75, 3.05) is 6.54 Å². The van der Waals surface area contributed by atoms with Gasteiger partial charge in [0.15, 0.2) is 0 Å². The van der Waals surface area contributed by atoms with Crippen LogP contribution in [0.2, 0.25) is 0 Å². The standard InChI is InChI=1S/C13H15NOS/c1-4-8-14-13(15)11(3)16-12-7-5-6-10(2)9-12/h1,5-7,9,11H,8H2,2-3H3,(H,14,15)/t11-/m0/s1. The lowest BCUT2D eigenvalue weighted by Crippen LogP contribution is -2.30. The zero-order chi connectivity index (χ0) is 12.0. The number of benzene rings is 1. The molecule has 16 heavy (non-hydrogen) atoms. The summed E-state index contributed by atoms with van der Waals surface area (Å²) in [6, 6.07) is 8.09. The molecule has 0 fully saturated rings. The van der Waals surface area contributed by atoms with E-state index in [2.05, 4.69) is 17.3 Å². The number of carbonyl (C=O) groups is 1. The Labute approximate surface area is 101 Å². The zero-order valence-corrected chi connectivity index (χ0v) is 10.3. The molecule has 2 nitrogen and oxygen atoms in total. The summed E-state index contributed by atoms with van der Waals surface area (Å²) in [4.78, 5) is 12.7. The molecule has 1 amide bonds. The summed E-state index contributed by atoms with van der Waals surface area (Å²) >= 11 is 1.54. The highest BCUT2D eigenvalue weighted by Gasteiger charge is 2.13. The molecule has 84 valence electrons. The van der Waals surface area contributed by atoms with Gasteiger partial charge >= 0.3 is 0 Å². The number of hydrogen-bond acceptors (Lipinski definition) is 2. The zero-order valence-electron chi connectivity index (χ0n) is 9.49. The molecule has 0 saturated carbocycles. The normalized spacial score (nSPS) is 11.6. The average molecular weight is 233 g/mol. The Kier molecular flexibility index (Phi) is 4.94. The van der Waals surface area contributed by atoms with E-state index in [0.717, 1.165) is 4.90 Å². The van der Waals surface area contributed by atoms with Crippen molar-refractivity contribution in [3.05, 3.63) is 29.8 Å². The monoisotopic (exact) mass is 233 g/mol. The van der Waals surface area contributed by atoms with E-state index < -0.39 is 0 Å². The van der Waals surface area contributed by atoms with Crippen LogP contribution in [0.4, 0.5) is 0 Å². The number of nitrogens with one attached hydrogen (secondary N) is 1. The third kappa shape index (κ3) is 4.00. The first-order valence-corrected chi connectivity index (χ1v) is 5.96. The number of thioether (sulfide) groups is 1. The van der Waals surface area contributed by atoms with Crippen LogP contribution in [0, 0.1) is 19.3 Å². The first kappa shape index (κ1) is 12.7. The molecule has 0 unspecified atom stereocenters. The maximum absolute atomic E-state index is 11.6. The van der Waals surface area contributed by atoms with E-state index in [-0.39, 0.29) is 17.7 Å². The van der Waals surface area contributed by atoms with Crippen molar-refractivity contribution in [2.24, 2.45) is 0 Å². The van der Waals surface area contributed by atoms with E-state index in [1.165, 1.54) is 17.3 Å². The topological polar surface area (TPSA) is 29.1 Å². The van der Waals surface area contributed by atoms with Crippen molar-refractivity contribution < 1.29 is 4.79 Å². The fraction of sp³-hybridized carbons (Fsp3) is 0.308. The molecule has 0 radical (unpaired) electrons. The van der Waals surface area contributed by atoms with E-state index >= 15 is 0 Å². The molecule has 0 aliphatic carbocycles. The van der Waals surface area contributed by atoms with E-state index in [1.54, 1.807) is 0 Å². The minimum atomic E-state index is -0.129. The van der Waals surface area contributed by atoms with Crippen LogP contribution in [-0.2, 0) is 4.79 Å². The van der Waals surface area contributed by atoms with Crippen molar-refractivity contribution in [1.29, 1.82) is 0 Å². The Morgan fingerprint density at radius 2 is 2.38 bits per heavy atom. The smallest absolute Gasteiger partial charge is 0.233 e. The molecule has 1 aromatic carbocycles. The van der Waals surface area contributed by atoms with E-state index in [4.69, 9.17) is 6.42 Å². The first-order chi connectivity index (χ1) is 7.63. The Morgan fingerprint density at radius 1 is 1.62 bits per heavy atom. The van der Waals surface area contributed by atoms with Gasteiger partial charge in [-0.05, 0) is 26.0 Å². The van der Waals surface area contributed by atoms with Gasteiger partial charge in [-0.1, -0.05) is 23.6 Å². The van der Waals surface area contributed by atoms with Gasteiger partial charge in [0.25, 0.3) is 0 Å². The van der Waals surface area contributed by atoms with Gasteiger partial charge in [-0.3, -0.25) is 4.79 Å². The number of amides is 1. The minimum absolute atomic E-state index is 0.0237. The van der Waals surface area contributed by atoms with Crippen LogP contribution in [0.1, 0.15) is 12.5 Å². The molecular weight excluding hydrogens is 218 g/mol. The largest absolute Gasteiger partial charge is 0.344 e. The fourth-order valence-electron chi connectivity index (χ4n) is 1.23. The third-order valence-electron chi connectivity index (χ3n) is 2.04. The number of aryl methyl sites for hydroxylation is 1. The Hall–Kier alpha value is -1.40. The molecule has 0 saturated heterocycles. The van der Waals surface area contributed by atoms with Gasteiger partial charge in [-0.25, -0.2) is 0 Å². The lowest BCUT2D eigenvalue weighted by molar-refractivity contribution is -0.120. The highest BCUT2D eigenvalue weighted by Crippen LogP contribution is 2.23. The second-order valence-electron chi connectivity index (χ2n) is 3.50. The molecule has 0 aromatic heterocycles. The van der Waals surface area contributed by atoms with Crippen molar-refractivity contribution in [3.63, 3.8) is 0 Å². The highest BCUT2D eigenvalue weighted by molar-refractivity contribution is 8.00. The highest BCUT2D eigenvalue weighted by atomic mass is 32.2. The van der Waals surface area contributed by atoms with Crippen molar-refractivity contribution >= 4 is 17.7 Å². The predicted octanol–water partition coefficient (Wildman–Crippen LogP) is 2.23. The van der Waals surface area contributed by atoms with Crippen molar-refractivity contribution in [3.8, 4) is 12.3 Å². The summed E-state index contributed by atoms with van der Waals surface area (Å²) in [5.41, 5.74) is 1.20. The Morgan fingerprint density at radius 3 is 3.00 bits per heavy atom. The lowest BCUT2D eigenvalue weighted by Gasteiger charge is -2.10. The van der Waals surface area contributed by atoms with Crippen LogP contribution in [0.15, 0.2) is 29.2 Å². The first-order valence-electron chi connectivity index (χ1n) is 5.08. The molecule has 0 aliphatic heterocycles. The average Bonchev–Trinajstić information content (AvgIpc) is 2.25. The van der Waals surface area contributed by atoms with E-state index in [9.17, 15) is 4.79 Å². The molecule has 0 spiro atoms. The Balaban J connectivity index is 2.54. The number of hydrogen-bond donors (Lipinski definition) is 1. The maximum atomic E-state index is 11.6. The van der Waals surface area contributed by atoms with Gasteiger partial charge in [0, 0.05) is 4.90 Å². The predicted molar refractivity (Wildman–Crippen MR) is 68.3 cm³/mol. The van der Waals surface area contributed by atoms with Gasteiger partial charge in [0.2, 0.25) is 5.91 Å². The van der Waals surface area contributed by atoms with Gasteiger partial charge in [-0.15, -0.1) is 18.2 Å². The number of rotatable bonds is 4. The van der Waals surface area contributed by atoms with Crippen LogP contribution in [0.5, 0.6) is 0 Å². The van der Waals surface area contributed by atoms with Crippen molar-refractivity contribution in [2.45, 2.75) is 24.0 Å². The van der Waals surface area contributed by atoms with Gasteiger partial charge in [0.05, 0.1) is 11.8 Å². The van der Waals surface area contributed by atoms with Crippen LogP contribution >= 0.6 is 11.8 Å². The van der Waals surface area contributed by atoms with Crippen LogP contribution in [0.3, 0.4) is 0 Å². The van der Waals surface area contributed by atoms with Crippen LogP contribution < -0.4 is 5.32 Å². The third-order valence-corrected chi connectivity index (χ3v) is 3.13. The summed E-state index contributed by atoms with van der Waals surface area (Å²) < 4.78 is 0. The number of carbonyl (C=O) groups excluding carboxylic acids is 1. The number of terminal acetylenes is 1. The molecular formula is C13H15NOS. The summed E-state index contributed by atoms with van der Waals surface area (Å²) in [6.45, 7) is 4.20. The van der Waals surface area contributed by atoms with Gasteiger partial charge in [0.1, 0.15) is 0 Å². The molecule has 1 aromatic rings. The summed E-state index contributed by atoms with van der Waals surface area (Å²) in [5.74, 6) is 2.36.